The standard InChI is InChI=1S/C20H23N3O5/c1-25-11-4-10-23(14-17-5-3-12-27-17)19(24)13-18-21-20(22-28-18)15-6-8-16(26-2)9-7-15/h3,5-9,12H,4,10-11,13-14H2,1-2H3. The van der Waals surface area contributed by atoms with Crippen molar-refractivity contribution in [3.63, 3.8) is 0 Å². The maximum atomic E-state index is 12.8. The Hall–Kier alpha value is -3.13. The SMILES string of the molecule is COCCCN(Cc1ccco1)C(=O)Cc1nc(-c2ccc(OC)cc2)no1. The van der Waals surface area contributed by atoms with Gasteiger partial charge in [0.15, 0.2) is 0 Å². The van der Waals surface area contributed by atoms with Gasteiger partial charge in [0.2, 0.25) is 17.6 Å². The summed E-state index contributed by atoms with van der Waals surface area (Å²) in [5, 5.41) is 3.97. The van der Waals surface area contributed by atoms with E-state index in [1.807, 2.05) is 30.3 Å². The molecule has 0 N–H and O–H groups in total. The van der Waals surface area contributed by atoms with Crippen LogP contribution in [0.25, 0.3) is 11.4 Å². The van der Waals surface area contributed by atoms with E-state index in [9.17, 15) is 4.79 Å². The molecule has 1 amide bonds. The largest absolute Gasteiger partial charge is 0.497 e. The number of carbonyl (C=O) groups excluding carboxylic acids is 1. The van der Waals surface area contributed by atoms with Crippen molar-refractivity contribution in [3.8, 4) is 17.1 Å². The molecule has 148 valence electrons. The smallest absolute Gasteiger partial charge is 0.236 e. The second-order valence-electron chi connectivity index (χ2n) is 6.16. The molecule has 28 heavy (non-hydrogen) atoms. The predicted molar refractivity (Wildman–Crippen MR) is 101 cm³/mol. The van der Waals surface area contributed by atoms with Gasteiger partial charge in [-0.15, -0.1) is 0 Å². The highest BCUT2D eigenvalue weighted by Crippen LogP contribution is 2.20. The fourth-order valence-corrected chi connectivity index (χ4v) is 2.71. The summed E-state index contributed by atoms with van der Waals surface area (Å²) in [4.78, 5) is 18.8. The Balaban J connectivity index is 1.65. The number of hydrogen-bond acceptors (Lipinski definition) is 7. The van der Waals surface area contributed by atoms with Crippen molar-refractivity contribution in [2.45, 2.75) is 19.4 Å². The van der Waals surface area contributed by atoms with Crippen molar-refractivity contribution in [1.82, 2.24) is 15.0 Å². The van der Waals surface area contributed by atoms with Gasteiger partial charge >= 0.3 is 0 Å². The fraction of sp³-hybridized carbons (Fsp3) is 0.350. The number of furan rings is 1. The molecule has 0 atom stereocenters. The Morgan fingerprint density at radius 2 is 2.00 bits per heavy atom. The summed E-state index contributed by atoms with van der Waals surface area (Å²) in [7, 11) is 3.24. The van der Waals surface area contributed by atoms with E-state index in [4.69, 9.17) is 18.4 Å². The normalized spacial score (nSPS) is 10.8. The van der Waals surface area contributed by atoms with Crippen LogP contribution in [0, 0.1) is 0 Å². The van der Waals surface area contributed by atoms with E-state index in [1.165, 1.54) is 0 Å². The molecule has 2 heterocycles. The lowest BCUT2D eigenvalue weighted by molar-refractivity contribution is -0.131. The first-order valence-electron chi connectivity index (χ1n) is 8.95. The number of carbonyl (C=O) groups is 1. The first kappa shape index (κ1) is 19.6. The van der Waals surface area contributed by atoms with Crippen LogP contribution in [0.2, 0.25) is 0 Å². The first-order valence-corrected chi connectivity index (χ1v) is 8.95. The number of hydrogen-bond donors (Lipinski definition) is 0. The summed E-state index contributed by atoms with van der Waals surface area (Å²) in [6.07, 6.45) is 2.34. The van der Waals surface area contributed by atoms with Gasteiger partial charge in [0.25, 0.3) is 0 Å². The fourth-order valence-electron chi connectivity index (χ4n) is 2.71. The molecule has 0 saturated carbocycles. The number of ether oxygens (including phenoxy) is 2. The van der Waals surface area contributed by atoms with Gasteiger partial charge in [-0.25, -0.2) is 0 Å². The third-order valence-corrected chi connectivity index (χ3v) is 4.17. The molecular weight excluding hydrogens is 362 g/mol. The second-order valence-corrected chi connectivity index (χ2v) is 6.16. The molecular formula is C20H23N3O5. The summed E-state index contributed by atoms with van der Waals surface area (Å²) in [5.74, 6) is 2.05. The van der Waals surface area contributed by atoms with Gasteiger partial charge in [0.1, 0.15) is 17.9 Å². The van der Waals surface area contributed by atoms with Crippen LogP contribution in [0.5, 0.6) is 5.75 Å². The van der Waals surface area contributed by atoms with E-state index in [2.05, 4.69) is 10.1 Å². The summed E-state index contributed by atoms with van der Waals surface area (Å²) < 4.78 is 20.9. The minimum atomic E-state index is -0.113. The van der Waals surface area contributed by atoms with Crippen molar-refractivity contribution in [2.75, 3.05) is 27.4 Å². The van der Waals surface area contributed by atoms with Gasteiger partial charge in [-0.2, -0.15) is 4.98 Å². The minimum Gasteiger partial charge on any atom is -0.497 e. The number of amides is 1. The zero-order valence-corrected chi connectivity index (χ0v) is 16.0. The highest BCUT2D eigenvalue weighted by atomic mass is 16.5. The number of benzene rings is 1. The van der Waals surface area contributed by atoms with E-state index in [0.717, 1.165) is 23.5 Å². The minimum absolute atomic E-state index is 0.0246. The second kappa shape index (κ2) is 9.70. The molecule has 0 bridgehead atoms. The van der Waals surface area contributed by atoms with Crippen molar-refractivity contribution >= 4 is 5.91 Å². The molecule has 8 nitrogen and oxygen atoms in total. The van der Waals surface area contributed by atoms with Gasteiger partial charge in [-0.3, -0.25) is 4.79 Å². The molecule has 3 rings (SSSR count). The molecule has 0 unspecified atom stereocenters. The van der Waals surface area contributed by atoms with Crippen molar-refractivity contribution in [3.05, 3.63) is 54.3 Å². The molecule has 0 aliphatic carbocycles. The molecule has 8 heteroatoms. The van der Waals surface area contributed by atoms with E-state index in [1.54, 1.807) is 31.4 Å². The first-order chi connectivity index (χ1) is 13.7. The molecule has 0 aliphatic heterocycles. The third kappa shape index (κ3) is 5.20. The van der Waals surface area contributed by atoms with Crippen LogP contribution in [-0.2, 0) is 22.5 Å². The summed E-state index contributed by atoms with van der Waals surface area (Å²) in [6, 6.07) is 10.9. The van der Waals surface area contributed by atoms with Crippen molar-refractivity contribution < 1.29 is 23.2 Å². The number of nitrogens with zero attached hydrogens (tertiary/aromatic N) is 3. The van der Waals surface area contributed by atoms with Gasteiger partial charge in [-0.1, -0.05) is 5.16 Å². The number of rotatable bonds is 10. The highest BCUT2D eigenvalue weighted by Gasteiger charge is 2.19. The van der Waals surface area contributed by atoms with Crippen molar-refractivity contribution in [2.24, 2.45) is 0 Å². The van der Waals surface area contributed by atoms with E-state index in [-0.39, 0.29) is 18.2 Å². The molecule has 1 aromatic carbocycles. The van der Waals surface area contributed by atoms with Crippen LogP contribution in [0.4, 0.5) is 0 Å². The van der Waals surface area contributed by atoms with E-state index in [0.29, 0.717) is 25.5 Å². The predicted octanol–water partition coefficient (Wildman–Crippen LogP) is 2.95. The molecule has 0 aliphatic rings. The van der Waals surface area contributed by atoms with Crippen LogP contribution in [0.15, 0.2) is 51.6 Å². The van der Waals surface area contributed by atoms with Crippen LogP contribution in [-0.4, -0.2) is 48.3 Å². The topological polar surface area (TPSA) is 90.8 Å². The zero-order valence-electron chi connectivity index (χ0n) is 16.0. The van der Waals surface area contributed by atoms with E-state index >= 15 is 0 Å². The quantitative estimate of drug-likeness (QED) is 0.496. The Labute approximate surface area is 163 Å². The zero-order chi connectivity index (χ0) is 19.8. The molecule has 0 radical (unpaired) electrons. The average molecular weight is 385 g/mol. The summed E-state index contributed by atoms with van der Waals surface area (Å²) in [5.41, 5.74) is 0.788. The molecule has 0 fully saturated rings. The van der Waals surface area contributed by atoms with Gasteiger partial charge in [-0.05, 0) is 42.8 Å². The van der Waals surface area contributed by atoms with Gasteiger partial charge in [0, 0.05) is 25.8 Å². The van der Waals surface area contributed by atoms with Crippen LogP contribution in [0.3, 0.4) is 0 Å². The average Bonchev–Trinajstić information content (AvgIpc) is 3.39. The Bertz CT molecular complexity index is 858. The lowest BCUT2D eigenvalue weighted by Gasteiger charge is -2.20. The van der Waals surface area contributed by atoms with Crippen LogP contribution < -0.4 is 4.74 Å². The highest BCUT2D eigenvalue weighted by molar-refractivity contribution is 5.77. The van der Waals surface area contributed by atoms with Gasteiger partial charge < -0.3 is 23.3 Å². The van der Waals surface area contributed by atoms with Crippen LogP contribution in [0.1, 0.15) is 18.1 Å². The maximum Gasteiger partial charge on any atom is 0.236 e. The lowest BCUT2D eigenvalue weighted by Crippen LogP contribution is -2.33. The Kier molecular flexibility index (Phi) is 6.80. The molecule has 0 saturated heterocycles. The Morgan fingerprint density at radius 1 is 1.18 bits per heavy atom. The summed E-state index contributed by atoms with van der Waals surface area (Å²) >= 11 is 0. The van der Waals surface area contributed by atoms with Gasteiger partial charge in [0.05, 0.1) is 19.9 Å². The summed E-state index contributed by atoms with van der Waals surface area (Å²) in [6.45, 7) is 1.51. The molecule has 0 spiro atoms. The van der Waals surface area contributed by atoms with Crippen molar-refractivity contribution in [1.29, 1.82) is 0 Å². The molecule has 2 aromatic heterocycles. The maximum absolute atomic E-state index is 12.8. The Morgan fingerprint density at radius 3 is 2.68 bits per heavy atom. The number of aromatic nitrogens is 2. The van der Waals surface area contributed by atoms with Crippen LogP contribution >= 0.6 is 0 Å². The molecule has 3 aromatic rings. The number of methoxy groups -OCH3 is 2. The van der Waals surface area contributed by atoms with E-state index < -0.39 is 0 Å². The monoisotopic (exact) mass is 385 g/mol. The third-order valence-electron chi connectivity index (χ3n) is 4.17. The lowest BCUT2D eigenvalue weighted by atomic mass is 10.2.